The van der Waals surface area contributed by atoms with E-state index in [4.69, 9.17) is 4.74 Å². The highest BCUT2D eigenvalue weighted by Crippen LogP contribution is 2.25. The molecule has 0 aromatic heterocycles. The summed E-state index contributed by atoms with van der Waals surface area (Å²) in [5.41, 5.74) is 1.13. The fourth-order valence-corrected chi connectivity index (χ4v) is 2.48. The zero-order chi connectivity index (χ0) is 17.0. The van der Waals surface area contributed by atoms with Gasteiger partial charge >= 0.3 is 6.09 Å². The molecule has 1 aliphatic heterocycles. The van der Waals surface area contributed by atoms with E-state index in [2.05, 4.69) is 5.32 Å². The average molecular weight is 320 g/mol. The Morgan fingerprint density at radius 2 is 2.17 bits per heavy atom. The van der Waals surface area contributed by atoms with Crippen molar-refractivity contribution in [3.8, 4) is 0 Å². The number of hydrogen-bond acceptors (Lipinski definition) is 4. The van der Waals surface area contributed by atoms with Crippen molar-refractivity contribution in [3.05, 3.63) is 29.8 Å². The maximum Gasteiger partial charge on any atom is 0.407 e. The SMILES string of the molecule is CC(C)(C)OC(=O)NCc1cccc(N2CC(CO)CC2=O)c1. The number of nitrogens with zero attached hydrogens (tertiary/aromatic N) is 1. The lowest BCUT2D eigenvalue weighted by Crippen LogP contribution is -2.32. The van der Waals surface area contributed by atoms with Crippen LogP contribution in [-0.4, -0.2) is 35.9 Å². The highest BCUT2D eigenvalue weighted by atomic mass is 16.6. The van der Waals surface area contributed by atoms with Gasteiger partial charge in [-0.3, -0.25) is 4.79 Å². The highest BCUT2D eigenvalue weighted by Gasteiger charge is 2.30. The van der Waals surface area contributed by atoms with E-state index in [1.165, 1.54) is 0 Å². The molecule has 1 saturated heterocycles. The van der Waals surface area contributed by atoms with Crippen LogP contribution in [0.2, 0.25) is 0 Å². The van der Waals surface area contributed by atoms with E-state index in [-0.39, 0.29) is 18.4 Å². The molecule has 2 N–H and O–H groups in total. The fourth-order valence-electron chi connectivity index (χ4n) is 2.48. The molecule has 1 aromatic carbocycles. The Labute approximate surface area is 136 Å². The molecule has 0 aliphatic carbocycles. The number of aliphatic hydroxyl groups is 1. The number of carbonyl (C=O) groups is 2. The van der Waals surface area contributed by atoms with Crippen LogP contribution in [0, 0.1) is 5.92 Å². The van der Waals surface area contributed by atoms with Crippen molar-refractivity contribution in [2.24, 2.45) is 5.92 Å². The molecule has 1 atom stereocenters. The Hall–Kier alpha value is -2.08. The van der Waals surface area contributed by atoms with Gasteiger partial charge in [0.15, 0.2) is 0 Å². The molecule has 0 saturated carbocycles. The predicted octanol–water partition coefficient (Wildman–Crippen LogP) is 2.06. The number of amides is 2. The van der Waals surface area contributed by atoms with Gasteiger partial charge < -0.3 is 20.1 Å². The average Bonchev–Trinajstić information content (AvgIpc) is 2.85. The van der Waals surface area contributed by atoms with E-state index in [0.717, 1.165) is 11.3 Å². The van der Waals surface area contributed by atoms with Gasteiger partial charge in [0, 0.05) is 37.7 Å². The van der Waals surface area contributed by atoms with Gasteiger partial charge in [-0.25, -0.2) is 4.79 Å². The minimum atomic E-state index is -0.535. The number of hydrogen-bond donors (Lipinski definition) is 2. The van der Waals surface area contributed by atoms with Crippen LogP contribution in [0.5, 0.6) is 0 Å². The van der Waals surface area contributed by atoms with E-state index >= 15 is 0 Å². The number of aliphatic hydroxyl groups excluding tert-OH is 1. The molecule has 1 heterocycles. The molecule has 2 amide bonds. The molecule has 0 spiro atoms. The molecule has 2 rings (SSSR count). The summed E-state index contributed by atoms with van der Waals surface area (Å²) >= 11 is 0. The summed E-state index contributed by atoms with van der Waals surface area (Å²) in [4.78, 5) is 25.4. The van der Waals surface area contributed by atoms with Crippen LogP contribution in [0.25, 0.3) is 0 Å². The molecule has 1 aromatic rings. The minimum absolute atomic E-state index is 0.00829. The molecular weight excluding hydrogens is 296 g/mol. The van der Waals surface area contributed by atoms with Crippen molar-refractivity contribution in [2.45, 2.75) is 39.3 Å². The first kappa shape index (κ1) is 17.3. The first-order valence-electron chi connectivity index (χ1n) is 7.75. The molecule has 1 fully saturated rings. The maximum absolute atomic E-state index is 12.0. The van der Waals surface area contributed by atoms with E-state index < -0.39 is 11.7 Å². The molecule has 126 valence electrons. The van der Waals surface area contributed by atoms with Crippen LogP contribution in [0.1, 0.15) is 32.8 Å². The van der Waals surface area contributed by atoms with E-state index in [1.54, 1.807) is 4.90 Å². The summed E-state index contributed by atoms with van der Waals surface area (Å²) in [5, 5.41) is 11.9. The fraction of sp³-hybridized carbons (Fsp3) is 0.529. The molecule has 1 aliphatic rings. The first-order valence-corrected chi connectivity index (χ1v) is 7.75. The zero-order valence-electron chi connectivity index (χ0n) is 13.8. The quantitative estimate of drug-likeness (QED) is 0.890. The second-order valence-electron chi connectivity index (χ2n) is 6.78. The standard InChI is InChI=1S/C17H24N2O4/c1-17(2,3)23-16(22)18-9-12-5-4-6-14(7-12)19-10-13(11-20)8-15(19)21/h4-7,13,20H,8-11H2,1-3H3,(H,18,22). The Balaban J connectivity index is 1.98. The van der Waals surface area contributed by atoms with Gasteiger partial charge in [0.2, 0.25) is 5.91 Å². The Morgan fingerprint density at radius 1 is 1.43 bits per heavy atom. The summed E-state index contributed by atoms with van der Waals surface area (Å²) in [6.45, 7) is 6.30. The van der Waals surface area contributed by atoms with E-state index in [0.29, 0.717) is 19.5 Å². The molecular formula is C17H24N2O4. The lowest BCUT2D eigenvalue weighted by Gasteiger charge is -2.20. The van der Waals surface area contributed by atoms with Gasteiger partial charge in [-0.15, -0.1) is 0 Å². The number of benzene rings is 1. The van der Waals surface area contributed by atoms with Gasteiger partial charge in [0.25, 0.3) is 0 Å². The summed E-state index contributed by atoms with van der Waals surface area (Å²) in [6.07, 6.45) is -0.0999. The number of alkyl carbamates (subject to hydrolysis) is 1. The predicted molar refractivity (Wildman–Crippen MR) is 87.1 cm³/mol. The first-order chi connectivity index (χ1) is 10.8. The molecule has 0 radical (unpaired) electrons. The van der Waals surface area contributed by atoms with Gasteiger partial charge in [-0.05, 0) is 38.5 Å². The highest BCUT2D eigenvalue weighted by molar-refractivity contribution is 5.95. The smallest absolute Gasteiger partial charge is 0.407 e. The molecule has 0 bridgehead atoms. The van der Waals surface area contributed by atoms with Gasteiger partial charge in [0.1, 0.15) is 5.60 Å². The van der Waals surface area contributed by atoms with Gasteiger partial charge in [-0.2, -0.15) is 0 Å². The summed E-state index contributed by atoms with van der Waals surface area (Å²) in [5.74, 6) is 0.00680. The van der Waals surface area contributed by atoms with Gasteiger partial charge in [0.05, 0.1) is 0 Å². The largest absolute Gasteiger partial charge is 0.444 e. The van der Waals surface area contributed by atoms with Crippen LogP contribution >= 0.6 is 0 Å². The third-order valence-corrected chi connectivity index (χ3v) is 3.52. The lowest BCUT2D eigenvalue weighted by atomic mass is 10.1. The number of carbonyl (C=O) groups excluding carboxylic acids is 2. The van der Waals surface area contributed by atoms with Gasteiger partial charge in [-0.1, -0.05) is 12.1 Å². The molecule has 1 unspecified atom stereocenters. The zero-order valence-corrected chi connectivity index (χ0v) is 13.8. The molecule has 6 nitrogen and oxygen atoms in total. The summed E-state index contributed by atoms with van der Waals surface area (Å²) in [7, 11) is 0. The Bertz CT molecular complexity index is 580. The molecule has 6 heteroatoms. The van der Waals surface area contributed by atoms with Crippen molar-refractivity contribution in [1.29, 1.82) is 0 Å². The summed E-state index contributed by atoms with van der Waals surface area (Å²) < 4.78 is 5.19. The van der Waals surface area contributed by atoms with Crippen LogP contribution in [0.15, 0.2) is 24.3 Å². The van der Waals surface area contributed by atoms with Crippen LogP contribution in [0.3, 0.4) is 0 Å². The monoisotopic (exact) mass is 320 g/mol. The van der Waals surface area contributed by atoms with E-state index in [1.807, 2.05) is 45.0 Å². The van der Waals surface area contributed by atoms with Crippen molar-refractivity contribution >= 4 is 17.7 Å². The third kappa shape index (κ3) is 4.96. The minimum Gasteiger partial charge on any atom is -0.444 e. The van der Waals surface area contributed by atoms with Crippen LogP contribution in [-0.2, 0) is 16.1 Å². The number of anilines is 1. The van der Waals surface area contributed by atoms with E-state index in [9.17, 15) is 14.7 Å². The van der Waals surface area contributed by atoms with Crippen molar-refractivity contribution in [3.63, 3.8) is 0 Å². The van der Waals surface area contributed by atoms with Crippen LogP contribution < -0.4 is 10.2 Å². The Morgan fingerprint density at radius 3 is 2.78 bits per heavy atom. The number of nitrogens with one attached hydrogen (secondary N) is 1. The normalized spacial score (nSPS) is 18.2. The lowest BCUT2D eigenvalue weighted by molar-refractivity contribution is -0.117. The summed E-state index contributed by atoms with van der Waals surface area (Å²) in [6, 6.07) is 7.45. The number of rotatable bonds is 4. The topological polar surface area (TPSA) is 78.9 Å². The second kappa shape index (κ2) is 7.00. The van der Waals surface area contributed by atoms with Crippen molar-refractivity contribution in [2.75, 3.05) is 18.1 Å². The molecule has 23 heavy (non-hydrogen) atoms. The Kier molecular flexibility index (Phi) is 5.26. The number of ether oxygens (including phenoxy) is 1. The maximum atomic E-state index is 12.0. The third-order valence-electron chi connectivity index (χ3n) is 3.52. The second-order valence-corrected chi connectivity index (χ2v) is 6.78. The van der Waals surface area contributed by atoms with Crippen molar-refractivity contribution < 1.29 is 19.4 Å². The van der Waals surface area contributed by atoms with Crippen LogP contribution in [0.4, 0.5) is 10.5 Å². The van der Waals surface area contributed by atoms with Crippen molar-refractivity contribution in [1.82, 2.24) is 5.32 Å².